The van der Waals surface area contributed by atoms with Crippen LogP contribution < -0.4 is 10.6 Å². The zero-order chi connectivity index (χ0) is 16.7. The van der Waals surface area contributed by atoms with Crippen molar-refractivity contribution in [2.45, 2.75) is 6.92 Å². The molecule has 0 saturated heterocycles. The van der Waals surface area contributed by atoms with Gasteiger partial charge in [-0.05, 0) is 55.0 Å². The lowest BCUT2D eigenvalue weighted by molar-refractivity contribution is 0.281. The van der Waals surface area contributed by atoms with Crippen molar-refractivity contribution in [2.75, 3.05) is 36.9 Å². The van der Waals surface area contributed by atoms with Crippen LogP contribution in [0.15, 0.2) is 52.7 Å². The van der Waals surface area contributed by atoms with Gasteiger partial charge in [0.2, 0.25) is 0 Å². The standard InChI is InChI=1S/C17H22N4O2/c1-13-12-16(21(8-10-22)9-11-23)6-7-17(13)20-19-15-4-2-14(18)3-5-15/h2-7,12,22-23H,8-11,18H2,1H3/b20-19+. The molecule has 23 heavy (non-hydrogen) atoms. The normalized spacial score (nSPS) is 11.1. The number of benzene rings is 2. The Labute approximate surface area is 135 Å². The number of nitrogens with zero attached hydrogens (tertiary/aromatic N) is 3. The van der Waals surface area contributed by atoms with E-state index in [4.69, 9.17) is 15.9 Å². The van der Waals surface area contributed by atoms with E-state index in [9.17, 15) is 0 Å². The van der Waals surface area contributed by atoms with Crippen molar-refractivity contribution >= 4 is 22.7 Å². The molecule has 2 aromatic rings. The van der Waals surface area contributed by atoms with Gasteiger partial charge in [0, 0.05) is 24.5 Å². The van der Waals surface area contributed by atoms with Crippen LogP contribution in [0.25, 0.3) is 0 Å². The lowest BCUT2D eigenvalue weighted by Crippen LogP contribution is -2.29. The first kappa shape index (κ1) is 16.9. The zero-order valence-corrected chi connectivity index (χ0v) is 13.2. The SMILES string of the molecule is Cc1cc(N(CCO)CCO)ccc1/N=N/c1ccc(N)cc1. The van der Waals surface area contributed by atoms with Gasteiger partial charge in [0.05, 0.1) is 24.6 Å². The van der Waals surface area contributed by atoms with Crippen LogP contribution in [-0.4, -0.2) is 36.5 Å². The second kappa shape index (κ2) is 8.26. The number of nitrogens with two attached hydrogens (primary N) is 1. The molecular weight excluding hydrogens is 292 g/mol. The van der Waals surface area contributed by atoms with Crippen molar-refractivity contribution in [3.05, 3.63) is 48.0 Å². The Balaban J connectivity index is 2.16. The second-order valence-electron chi connectivity index (χ2n) is 5.20. The fourth-order valence-electron chi connectivity index (χ4n) is 2.21. The highest BCUT2D eigenvalue weighted by atomic mass is 16.3. The molecule has 6 nitrogen and oxygen atoms in total. The average molecular weight is 314 g/mol. The molecule has 122 valence electrons. The van der Waals surface area contributed by atoms with Gasteiger partial charge in [0.25, 0.3) is 0 Å². The molecule has 0 saturated carbocycles. The van der Waals surface area contributed by atoms with E-state index in [1.54, 1.807) is 12.1 Å². The molecule has 0 bridgehead atoms. The summed E-state index contributed by atoms with van der Waals surface area (Å²) in [5.41, 5.74) is 9.77. The monoisotopic (exact) mass is 314 g/mol. The molecule has 0 aliphatic rings. The smallest absolute Gasteiger partial charge is 0.0887 e. The van der Waals surface area contributed by atoms with Crippen molar-refractivity contribution in [2.24, 2.45) is 10.2 Å². The number of hydrogen-bond donors (Lipinski definition) is 3. The maximum absolute atomic E-state index is 9.11. The van der Waals surface area contributed by atoms with E-state index in [0.29, 0.717) is 18.8 Å². The summed E-state index contributed by atoms with van der Waals surface area (Å²) in [7, 11) is 0. The quantitative estimate of drug-likeness (QED) is 0.541. The minimum absolute atomic E-state index is 0.0393. The van der Waals surface area contributed by atoms with Crippen LogP contribution in [-0.2, 0) is 0 Å². The largest absolute Gasteiger partial charge is 0.399 e. The average Bonchev–Trinajstić information content (AvgIpc) is 2.55. The summed E-state index contributed by atoms with van der Waals surface area (Å²) in [6.45, 7) is 2.99. The number of aliphatic hydroxyl groups is 2. The number of rotatable bonds is 7. The van der Waals surface area contributed by atoms with E-state index in [-0.39, 0.29) is 13.2 Å². The van der Waals surface area contributed by atoms with Gasteiger partial charge in [-0.25, -0.2) is 0 Å². The fraction of sp³-hybridized carbons (Fsp3) is 0.294. The van der Waals surface area contributed by atoms with Gasteiger partial charge in [-0.2, -0.15) is 10.2 Å². The van der Waals surface area contributed by atoms with Gasteiger partial charge in [0.15, 0.2) is 0 Å². The third kappa shape index (κ3) is 4.77. The van der Waals surface area contributed by atoms with Gasteiger partial charge in [0.1, 0.15) is 0 Å². The summed E-state index contributed by atoms with van der Waals surface area (Å²) in [6.07, 6.45) is 0. The fourth-order valence-corrected chi connectivity index (χ4v) is 2.21. The van der Waals surface area contributed by atoms with Gasteiger partial charge in [-0.3, -0.25) is 0 Å². The Bertz CT molecular complexity index is 650. The molecule has 0 aliphatic heterocycles. The molecule has 2 aromatic carbocycles. The Morgan fingerprint density at radius 1 is 0.957 bits per heavy atom. The van der Waals surface area contributed by atoms with Crippen LogP contribution in [0.5, 0.6) is 0 Å². The lowest BCUT2D eigenvalue weighted by atomic mass is 10.1. The van der Waals surface area contributed by atoms with Crippen LogP contribution in [0.1, 0.15) is 5.56 Å². The predicted molar refractivity (Wildman–Crippen MR) is 92.6 cm³/mol. The maximum Gasteiger partial charge on any atom is 0.0887 e. The lowest BCUT2D eigenvalue weighted by Gasteiger charge is -2.23. The Morgan fingerprint density at radius 2 is 1.61 bits per heavy atom. The number of hydrogen-bond acceptors (Lipinski definition) is 6. The highest BCUT2D eigenvalue weighted by molar-refractivity contribution is 5.58. The van der Waals surface area contributed by atoms with Crippen molar-refractivity contribution in [3.8, 4) is 0 Å². The number of azo groups is 1. The molecule has 2 rings (SSSR count). The molecule has 4 N–H and O–H groups in total. The van der Waals surface area contributed by atoms with Gasteiger partial charge < -0.3 is 20.8 Å². The van der Waals surface area contributed by atoms with E-state index in [1.807, 2.05) is 42.2 Å². The van der Waals surface area contributed by atoms with Crippen molar-refractivity contribution in [1.29, 1.82) is 0 Å². The highest BCUT2D eigenvalue weighted by Gasteiger charge is 2.07. The Hall–Kier alpha value is -2.44. The summed E-state index contributed by atoms with van der Waals surface area (Å²) in [6, 6.07) is 13.0. The molecule has 0 aliphatic carbocycles. The molecule has 0 heterocycles. The molecule has 0 spiro atoms. The minimum atomic E-state index is 0.0393. The van der Waals surface area contributed by atoms with E-state index in [1.165, 1.54) is 0 Å². The van der Waals surface area contributed by atoms with Gasteiger partial charge >= 0.3 is 0 Å². The maximum atomic E-state index is 9.11. The summed E-state index contributed by atoms with van der Waals surface area (Å²) >= 11 is 0. The van der Waals surface area contributed by atoms with Gasteiger partial charge in [-0.15, -0.1) is 0 Å². The Morgan fingerprint density at radius 3 is 2.17 bits per heavy atom. The molecule has 0 atom stereocenters. The zero-order valence-electron chi connectivity index (χ0n) is 13.2. The van der Waals surface area contributed by atoms with E-state index >= 15 is 0 Å². The van der Waals surface area contributed by atoms with Crippen LogP contribution in [0.4, 0.5) is 22.7 Å². The minimum Gasteiger partial charge on any atom is -0.399 e. The Kier molecular flexibility index (Phi) is 6.08. The first-order valence-corrected chi connectivity index (χ1v) is 7.48. The van der Waals surface area contributed by atoms with E-state index < -0.39 is 0 Å². The van der Waals surface area contributed by atoms with Crippen molar-refractivity contribution < 1.29 is 10.2 Å². The number of aliphatic hydroxyl groups excluding tert-OH is 2. The highest BCUT2D eigenvalue weighted by Crippen LogP contribution is 2.26. The second-order valence-corrected chi connectivity index (χ2v) is 5.20. The summed E-state index contributed by atoms with van der Waals surface area (Å²) in [5, 5.41) is 26.7. The number of nitrogen functional groups attached to an aromatic ring is 1. The van der Waals surface area contributed by atoms with Crippen LogP contribution in [0.2, 0.25) is 0 Å². The molecule has 0 fully saturated rings. The third-order valence-corrected chi connectivity index (χ3v) is 3.45. The molecule has 0 amide bonds. The topological polar surface area (TPSA) is 94.4 Å². The third-order valence-electron chi connectivity index (χ3n) is 3.45. The van der Waals surface area contributed by atoms with E-state index in [0.717, 1.165) is 22.6 Å². The first-order valence-electron chi connectivity index (χ1n) is 7.48. The van der Waals surface area contributed by atoms with E-state index in [2.05, 4.69) is 10.2 Å². The molecule has 6 heteroatoms. The molecule has 0 radical (unpaired) electrons. The number of aryl methyl sites for hydroxylation is 1. The van der Waals surface area contributed by atoms with Crippen LogP contribution >= 0.6 is 0 Å². The van der Waals surface area contributed by atoms with Crippen LogP contribution in [0, 0.1) is 6.92 Å². The number of anilines is 2. The van der Waals surface area contributed by atoms with Crippen molar-refractivity contribution in [3.63, 3.8) is 0 Å². The molecular formula is C17H22N4O2. The summed E-state index contributed by atoms with van der Waals surface area (Å²) in [4.78, 5) is 1.92. The van der Waals surface area contributed by atoms with Crippen LogP contribution in [0.3, 0.4) is 0 Å². The molecule has 0 unspecified atom stereocenters. The summed E-state index contributed by atoms with van der Waals surface area (Å²) in [5.74, 6) is 0. The summed E-state index contributed by atoms with van der Waals surface area (Å²) < 4.78 is 0. The molecule has 0 aromatic heterocycles. The van der Waals surface area contributed by atoms with Crippen molar-refractivity contribution in [1.82, 2.24) is 0 Å². The van der Waals surface area contributed by atoms with Gasteiger partial charge in [-0.1, -0.05) is 0 Å². The predicted octanol–water partition coefficient (Wildman–Crippen LogP) is 2.78. The first-order chi connectivity index (χ1) is 11.1.